The van der Waals surface area contributed by atoms with Gasteiger partial charge in [-0.05, 0) is 32.3 Å². The fraction of sp³-hybridized carbons (Fsp3) is 0.600. The second-order valence-electron chi connectivity index (χ2n) is 5.13. The van der Waals surface area contributed by atoms with E-state index in [1.165, 1.54) is 5.56 Å². The quantitative estimate of drug-likeness (QED) is 0.726. The summed E-state index contributed by atoms with van der Waals surface area (Å²) in [6, 6.07) is 10.2. The first kappa shape index (κ1) is 13.5. The molecule has 0 aliphatic carbocycles. The van der Waals surface area contributed by atoms with Crippen molar-refractivity contribution in [3.05, 3.63) is 35.9 Å². The predicted octanol–water partition coefficient (Wildman–Crippen LogP) is 3.13. The Morgan fingerprint density at radius 3 is 2.72 bits per heavy atom. The van der Waals surface area contributed by atoms with E-state index in [0.29, 0.717) is 13.2 Å². The molecular weight excluding hydrogens is 228 g/mol. The number of hydrogen-bond acceptors (Lipinski definition) is 3. The van der Waals surface area contributed by atoms with Gasteiger partial charge in [-0.2, -0.15) is 0 Å². The predicted molar refractivity (Wildman–Crippen MR) is 70.2 cm³/mol. The summed E-state index contributed by atoms with van der Waals surface area (Å²) < 4.78 is 16.9. The second-order valence-corrected chi connectivity index (χ2v) is 5.13. The van der Waals surface area contributed by atoms with Crippen LogP contribution in [0.3, 0.4) is 0 Å². The van der Waals surface area contributed by atoms with E-state index in [1.54, 1.807) is 0 Å². The molecule has 0 N–H and O–H groups in total. The highest BCUT2D eigenvalue weighted by Crippen LogP contribution is 2.24. The van der Waals surface area contributed by atoms with Crippen LogP contribution in [0.15, 0.2) is 30.3 Å². The van der Waals surface area contributed by atoms with E-state index < -0.39 is 5.79 Å². The third-order valence-electron chi connectivity index (χ3n) is 2.99. The molecule has 18 heavy (non-hydrogen) atoms. The van der Waals surface area contributed by atoms with Gasteiger partial charge in [0.25, 0.3) is 0 Å². The van der Waals surface area contributed by atoms with E-state index >= 15 is 0 Å². The van der Waals surface area contributed by atoms with Gasteiger partial charge in [0.05, 0.1) is 19.3 Å². The lowest BCUT2D eigenvalue weighted by atomic mass is 10.2. The van der Waals surface area contributed by atoms with Gasteiger partial charge in [-0.15, -0.1) is 0 Å². The highest BCUT2D eigenvalue weighted by atomic mass is 16.7. The lowest BCUT2D eigenvalue weighted by molar-refractivity contribution is -0.139. The number of ether oxygens (including phenoxy) is 3. The summed E-state index contributed by atoms with van der Waals surface area (Å²) in [5.74, 6) is -0.407. The van der Waals surface area contributed by atoms with Gasteiger partial charge in [0.2, 0.25) is 0 Å². The normalized spacial score (nSPS) is 22.2. The molecule has 2 rings (SSSR count). The highest BCUT2D eigenvalue weighted by molar-refractivity contribution is 5.13. The SMILES string of the molecule is CC1(C)OCC(CCCOCc2ccccc2)O1. The van der Waals surface area contributed by atoms with Crippen LogP contribution in [0.25, 0.3) is 0 Å². The molecule has 1 heterocycles. The molecule has 0 bridgehead atoms. The molecule has 0 aromatic heterocycles. The van der Waals surface area contributed by atoms with Gasteiger partial charge in [-0.25, -0.2) is 0 Å². The molecule has 1 aromatic carbocycles. The number of benzene rings is 1. The zero-order chi connectivity index (χ0) is 12.8. The molecule has 100 valence electrons. The Hall–Kier alpha value is -0.900. The van der Waals surface area contributed by atoms with Crippen molar-refractivity contribution >= 4 is 0 Å². The van der Waals surface area contributed by atoms with Crippen molar-refractivity contribution in [3.8, 4) is 0 Å². The van der Waals surface area contributed by atoms with Crippen molar-refractivity contribution in [2.45, 2.75) is 45.2 Å². The summed E-state index contributed by atoms with van der Waals surface area (Å²) in [6.45, 7) is 6.08. The molecule has 0 spiro atoms. The minimum Gasteiger partial charge on any atom is -0.377 e. The fourth-order valence-corrected chi connectivity index (χ4v) is 2.08. The summed E-state index contributed by atoms with van der Waals surface area (Å²) in [5, 5.41) is 0. The Morgan fingerprint density at radius 2 is 2.06 bits per heavy atom. The van der Waals surface area contributed by atoms with Gasteiger partial charge < -0.3 is 14.2 Å². The van der Waals surface area contributed by atoms with E-state index in [-0.39, 0.29) is 6.10 Å². The average molecular weight is 250 g/mol. The highest BCUT2D eigenvalue weighted by Gasteiger charge is 2.31. The Kier molecular flexibility index (Phi) is 4.75. The molecule has 0 radical (unpaired) electrons. The molecular formula is C15H22O3. The van der Waals surface area contributed by atoms with Crippen LogP contribution < -0.4 is 0 Å². The maximum atomic E-state index is 5.74. The molecule has 0 amide bonds. The molecule has 1 unspecified atom stereocenters. The summed E-state index contributed by atoms with van der Waals surface area (Å²) in [6.07, 6.45) is 2.23. The van der Waals surface area contributed by atoms with Gasteiger partial charge in [0.15, 0.2) is 5.79 Å². The van der Waals surface area contributed by atoms with Crippen molar-refractivity contribution in [2.24, 2.45) is 0 Å². The summed E-state index contributed by atoms with van der Waals surface area (Å²) in [5.41, 5.74) is 1.22. The molecule has 3 nitrogen and oxygen atoms in total. The number of hydrogen-bond donors (Lipinski definition) is 0. The first-order valence-corrected chi connectivity index (χ1v) is 6.59. The largest absolute Gasteiger partial charge is 0.377 e. The Morgan fingerprint density at radius 1 is 1.28 bits per heavy atom. The topological polar surface area (TPSA) is 27.7 Å². The third kappa shape index (κ3) is 4.41. The molecule has 1 fully saturated rings. The molecule has 1 aliphatic heterocycles. The van der Waals surface area contributed by atoms with Crippen molar-refractivity contribution < 1.29 is 14.2 Å². The van der Waals surface area contributed by atoms with Gasteiger partial charge in [-0.3, -0.25) is 0 Å². The van der Waals surface area contributed by atoms with E-state index in [0.717, 1.165) is 19.4 Å². The maximum Gasteiger partial charge on any atom is 0.163 e. The maximum absolute atomic E-state index is 5.74. The molecule has 1 aliphatic rings. The minimum atomic E-state index is -0.407. The summed E-state index contributed by atoms with van der Waals surface area (Å²) in [4.78, 5) is 0. The molecule has 3 heteroatoms. The minimum absolute atomic E-state index is 0.223. The lowest BCUT2D eigenvalue weighted by Crippen LogP contribution is -2.21. The molecule has 0 saturated carbocycles. The van der Waals surface area contributed by atoms with E-state index in [4.69, 9.17) is 14.2 Å². The van der Waals surface area contributed by atoms with Gasteiger partial charge >= 0.3 is 0 Å². The number of rotatable bonds is 6. The van der Waals surface area contributed by atoms with E-state index in [9.17, 15) is 0 Å². The molecule has 1 aromatic rings. The van der Waals surface area contributed by atoms with Crippen LogP contribution in [-0.4, -0.2) is 25.1 Å². The van der Waals surface area contributed by atoms with E-state index in [1.807, 2.05) is 32.0 Å². The van der Waals surface area contributed by atoms with Crippen LogP contribution in [0.4, 0.5) is 0 Å². The molecule has 1 saturated heterocycles. The van der Waals surface area contributed by atoms with Crippen molar-refractivity contribution in [3.63, 3.8) is 0 Å². The zero-order valence-electron chi connectivity index (χ0n) is 11.2. The zero-order valence-corrected chi connectivity index (χ0v) is 11.2. The summed E-state index contributed by atoms with van der Waals surface area (Å²) in [7, 11) is 0. The van der Waals surface area contributed by atoms with Gasteiger partial charge in [-0.1, -0.05) is 30.3 Å². The van der Waals surface area contributed by atoms with Crippen LogP contribution in [0.2, 0.25) is 0 Å². The van der Waals surface area contributed by atoms with Crippen molar-refractivity contribution in [2.75, 3.05) is 13.2 Å². The molecule has 1 atom stereocenters. The summed E-state index contributed by atoms with van der Waals surface area (Å²) >= 11 is 0. The van der Waals surface area contributed by atoms with Crippen molar-refractivity contribution in [1.29, 1.82) is 0 Å². The first-order valence-electron chi connectivity index (χ1n) is 6.59. The average Bonchev–Trinajstić information content (AvgIpc) is 2.70. The smallest absolute Gasteiger partial charge is 0.163 e. The van der Waals surface area contributed by atoms with E-state index in [2.05, 4.69) is 12.1 Å². The monoisotopic (exact) mass is 250 g/mol. The second kappa shape index (κ2) is 6.32. The third-order valence-corrected chi connectivity index (χ3v) is 2.99. The standard InChI is InChI=1S/C15H22O3/c1-15(2)17-12-14(18-15)9-6-10-16-11-13-7-4-3-5-8-13/h3-5,7-8,14H,6,9-12H2,1-2H3. The Labute approximate surface area is 109 Å². The van der Waals surface area contributed by atoms with Crippen LogP contribution in [-0.2, 0) is 20.8 Å². The van der Waals surface area contributed by atoms with Crippen LogP contribution >= 0.6 is 0 Å². The van der Waals surface area contributed by atoms with Crippen LogP contribution in [0, 0.1) is 0 Å². The lowest BCUT2D eigenvalue weighted by Gasteiger charge is -2.16. The Bertz CT molecular complexity index is 348. The Balaban J connectivity index is 1.54. The van der Waals surface area contributed by atoms with Crippen LogP contribution in [0.1, 0.15) is 32.3 Å². The van der Waals surface area contributed by atoms with Gasteiger partial charge in [0.1, 0.15) is 0 Å². The fourth-order valence-electron chi connectivity index (χ4n) is 2.08. The van der Waals surface area contributed by atoms with Gasteiger partial charge in [0, 0.05) is 6.61 Å². The van der Waals surface area contributed by atoms with Crippen LogP contribution in [0.5, 0.6) is 0 Å². The first-order chi connectivity index (χ1) is 8.66. The van der Waals surface area contributed by atoms with Crippen molar-refractivity contribution in [1.82, 2.24) is 0 Å².